The predicted octanol–water partition coefficient (Wildman–Crippen LogP) is 1.05. The highest BCUT2D eigenvalue weighted by molar-refractivity contribution is 5.87. The summed E-state index contributed by atoms with van der Waals surface area (Å²) in [5.74, 6) is 0.385. The van der Waals surface area contributed by atoms with Gasteiger partial charge in [-0.15, -0.1) is 0 Å². The maximum Gasteiger partial charge on any atom is 0.244 e. The maximum absolute atomic E-state index is 12.1. The normalized spacial score (nSPS) is 25.5. The molecule has 2 N–H and O–H groups in total. The molecule has 2 amide bonds. The molecule has 0 bridgehead atoms. The Morgan fingerprint density at radius 2 is 1.95 bits per heavy atom. The van der Waals surface area contributed by atoms with Gasteiger partial charge in [0.2, 0.25) is 11.8 Å². The number of aliphatic hydroxyl groups excluding tert-OH is 1. The molecule has 5 heteroatoms. The topological polar surface area (TPSA) is 69.6 Å². The van der Waals surface area contributed by atoms with Gasteiger partial charge in [0.15, 0.2) is 0 Å². The fraction of sp³-hybridized carbons (Fsp3) is 0.867. The van der Waals surface area contributed by atoms with E-state index in [2.05, 4.69) is 5.32 Å². The van der Waals surface area contributed by atoms with Gasteiger partial charge in [0.1, 0.15) is 6.04 Å². The van der Waals surface area contributed by atoms with Crippen LogP contribution >= 0.6 is 0 Å². The molecule has 0 aromatic rings. The molecule has 1 aliphatic carbocycles. The summed E-state index contributed by atoms with van der Waals surface area (Å²) in [5.41, 5.74) is 0. The van der Waals surface area contributed by atoms with E-state index in [0.717, 1.165) is 12.8 Å². The van der Waals surface area contributed by atoms with E-state index in [9.17, 15) is 14.7 Å². The van der Waals surface area contributed by atoms with Crippen LogP contribution in [0.3, 0.4) is 0 Å². The Labute approximate surface area is 120 Å². The van der Waals surface area contributed by atoms with Crippen LogP contribution in [0, 0.1) is 5.92 Å². The fourth-order valence-electron chi connectivity index (χ4n) is 3.23. The Morgan fingerprint density at radius 1 is 1.25 bits per heavy atom. The quantitative estimate of drug-likeness (QED) is 0.810. The lowest BCUT2D eigenvalue weighted by molar-refractivity contribution is -0.135. The summed E-state index contributed by atoms with van der Waals surface area (Å²) in [6.45, 7) is 2.70. The summed E-state index contributed by atoms with van der Waals surface area (Å²) in [5, 5.41) is 12.3. The lowest BCUT2D eigenvalue weighted by Gasteiger charge is -2.24. The first-order valence-electron chi connectivity index (χ1n) is 7.82. The molecule has 0 unspecified atom stereocenters. The number of likely N-dealkylation sites (tertiary alicyclic amines) is 1. The van der Waals surface area contributed by atoms with E-state index < -0.39 is 12.1 Å². The molecule has 5 nitrogen and oxygen atoms in total. The molecule has 1 saturated heterocycles. The average Bonchev–Trinajstić information content (AvgIpc) is 2.85. The first-order chi connectivity index (χ1) is 9.56. The summed E-state index contributed by atoms with van der Waals surface area (Å²) in [4.78, 5) is 25.7. The van der Waals surface area contributed by atoms with E-state index in [-0.39, 0.29) is 11.8 Å². The van der Waals surface area contributed by atoms with Crippen LogP contribution in [0.2, 0.25) is 0 Å². The molecule has 2 rings (SSSR count). The van der Waals surface area contributed by atoms with Crippen LogP contribution in [-0.2, 0) is 9.59 Å². The van der Waals surface area contributed by atoms with E-state index in [1.54, 1.807) is 11.8 Å². The van der Waals surface area contributed by atoms with Crippen LogP contribution in [0.25, 0.3) is 0 Å². The summed E-state index contributed by atoms with van der Waals surface area (Å²) in [7, 11) is 0. The number of amides is 2. The van der Waals surface area contributed by atoms with Gasteiger partial charge in [-0.2, -0.15) is 0 Å². The monoisotopic (exact) mass is 282 g/mol. The van der Waals surface area contributed by atoms with Crippen molar-refractivity contribution in [1.29, 1.82) is 0 Å². The largest absolute Gasteiger partial charge is 0.391 e. The number of aliphatic hydroxyl groups is 1. The maximum atomic E-state index is 12.1. The third-order valence-corrected chi connectivity index (χ3v) is 4.42. The third kappa shape index (κ3) is 4.20. The van der Waals surface area contributed by atoms with E-state index in [1.807, 2.05) is 0 Å². The van der Waals surface area contributed by atoms with Crippen LogP contribution in [0.15, 0.2) is 0 Å². The van der Waals surface area contributed by atoms with Crippen molar-refractivity contribution in [2.24, 2.45) is 5.92 Å². The zero-order valence-corrected chi connectivity index (χ0v) is 12.3. The van der Waals surface area contributed by atoms with Crippen molar-refractivity contribution >= 4 is 11.8 Å². The van der Waals surface area contributed by atoms with Gasteiger partial charge >= 0.3 is 0 Å². The number of nitrogens with zero attached hydrogens (tertiary/aromatic N) is 1. The lowest BCUT2D eigenvalue weighted by atomic mass is 9.87. The van der Waals surface area contributed by atoms with Gasteiger partial charge in [0, 0.05) is 19.5 Å². The molecule has 20 heavy (non-hydrogen) atoms. The van der Waals surface area contributed by atoms with Crippen LogP contribution < -0.4 is 5.32 Å². The van der Waals surface area contributed by atoms with Crippen molar-refractivity contribution in [2.45, 2.75) is 64.0 Å². The highest BCUT2D eigenvalue weighted by atomic mass is 16.3. The second-order valence-corrected chi connectivity index (χ2v) is 6.22. The molecule has 0 aromatic carbocycles. The molecule has 1 heterocycles. The SMILES string of the molecule is C[C@@H](NC(=O)CC1CCCCC1)C(=O)N1CC[C@@H](O)C1. The number of carbonyl (C=O) groups excluding carboxylic acids is 2. The fourth-order valence-corrected chi connectivity index (χ4v) is 3.23. The Balaban J connectivity index is 1.73. The summed E-state index contributed by atoms with van der Waals surface area (Å²) >= 11 is 0. The zero-order valence-electron chi connectivity index (χ0n) is 12.3. The Kier molecular flexibility index (Phi) is 5.40. The first-order valence-corrected chi connectivity index (χ1v) is 7.82. The summed E-state index contributed by atoms with van der Waals surface area (Å²) in [6, 6.07) is -0.489. The van der Waals surface area contributed by atoms with Crippen LogP contribution in [0.4, 0.5) is 0 Å². The van der Waals surface area contributed by atoms with Gasteiger partial charge in [-0.1, -0.05) is 19.3 Å². The molecular formula is C15H26N2O3. The molecule has 2 aliphatic rings. The number of β-amino-alcohol motifs (C(OH)–C–C–N with tert-alkyl or cyclic N) is 1. The standard InChI is InChI=1S/C15H26N2O3/c1-11(15(20)17-8-7-13(18)10-17)16-14(19)9-12-5-3-2-4-6-12/h11-13,18H,2-10H2,1H3,(H,16,19)/t11-,13-/m1/s1. The predicted molar refractivity (Wildman–Crippen MR) is 76.0 cm³/mol. The Morgan fingerprint density at radius 3 is 2.55 bits per heavy atom. The summed E-state index contributed by atoms with van der Waals surface area (Å²) in [6.07, 6.45) is 6.75. The molecule has 2 fully saturated rings. The lowest BCUT2D eigenvalue weighted by Crippen LogP contribution is -2.46. The second-order valence-electron chi connectivity index (χ2n) is 6.22. The minimum Gasteiger partial charge on any atom is -0.391 e. The van der Waals surface area contributed by atoms with Crippen molar-refractivity contribution in [3.8, 4) is 0 Å². The molecule has 1 aliphatic heterocycles. The number of hydrogen-bond acceptors (Lipinski definition) is 3. The Bertz CT molecular complexity index is 353. The van der Waals surface area contributed by atoms with Crippen LogP contribution in [0.5, 0.6) is 0 Å². The van der Waals surface area contributed by atoms with E-state index in [0.29, 0.717) is 31.8 Å². The highest BCUT2D eigenvalue weighted by Gasteiger charge is 2.28. The van der Waals surface area contributed by atoms with E-state index >= 15 is 0 Å². The third-order valence-electron chi connectivity index (χ3n) is 4.42. The van der Waals surface area contributed by atoms with Crippen molar-refractivity contribution in [3.05, 3.63) is 0 Å². The van der Waals surface area contributed by atoms with Crippen LogP contribution in [0.1, 0.15) is 51.9 Å². The second kappa shape index (κ2) is 7.07. The van der Waals surface area contributed by atoms with Crippen molar-refractivity contribution in [3.63, 3.8) is 0 Å². The highest BCUT2D eigenvalue weighted by Crippen LogP contribution is 2.26. The zero-order chi connectivity index (χ0) is 14.5. The first kappa shape index (κ1) is 15.3. The number of hydrogen-bond donors (Lipinski definition) is 2. The van der Waals surface area contributed by atoms with Crippen molar-refractivity contribution in [1.82, 2.24) is 10.2 Å². The number of carbonyl (C=O) groups is 2. The van der Waals surface area contributed by atoms with Gasteiger partial charge in [0.05, 0.1) is 6.10 Å². The molecule has 0 spiro atoms. The summed E-state index contributed by atoms with van der Waals surface area (Å²) < 4.78 is 0. The van der Waals surface area contributed by atoms with Gasteiger partial charge in [-0.25, -0.2) is 0 Å². The minimum absolute atomic E-state index is 0.0162. The van der Waals surface area contributed by atoms with E-state index in [4.69, 9.17) is 0 Å². The van der Waals surface area contributed by atoms with Gasteiger partial charge in [-0.05, 0) is 32.1 Å². The van der Waals surface area contributed by atoms with Gasteiger partial charge < -0.3 is 15.3 Å². The number of nitrogens with one attached hydrogen (secondary N) is 1. The smallest absolute Gasteiger partial charge is 0.244 e. The molecular weight excluding hydrogens is 256 g/mol. The molecule has 0 radical (unpaired) electrons. The van der Waals surface area contributed by atoms with Crippen molar-refractivity contribution < 1.29 is 14.7 Å². The molecule has 1 saturated carbocycles. The van der Waals surface area contributed by atoms with E-state index in [1.165, 1.54) is 19.3 Å². The molecule has 2 atom stereocenters. The number of rotatable bonds is 4. The van der Waals surface area contributed by atoms with Gasteiger partial charge in [-0.3, -0.25) is 9.59 Å². The molecule has 114 valence electrons. The van der Waals surface area contributed by atoms with Gasteiger partial charge in [0.25, 0.3) is 0 Å². The van der Waals surface area contributed by atoms with Crippen LogP contribution in [-0.4, -0.2) is 47.1 Å². The van der Waals surface area contributed by atoms with Crippen molar-refractivity contribution in [2.75, 3.05) is 13.1 Å². The molecule has 0 aromatic heterocycles. The minimum atomic E-state index is -0.489. The Hall–Kier alpha value is -1.10. The average molecular weight is 282 g/mol.